The summed E-state index contributed by atoms with van der Waals surface area (Å²) in [6, 6.07) is 19.7. The molecule has 3 aliphatic rings. The maximum Gasteiger partial charge on any atom is 0.227 e. The van der Waals surface area contributed by atoms with Crippen LogP contribution in [0, 0.1) is 0 Å². The first-order valence-corrected chi connectivity index (χ1v) is 9.71. The predicted molar refractivity (Wildman–Crippen MR) is 103 cm³/mol. The summed E-state index contributed by atoms with van der Waals surface area (Å²) in [5, 5.41) is 0. The molecule has 2 atom stereocenters. The topological polar surface area (TPSA) is 52.6 Å². The van der Waals surface area contributed by atoms with Crippen molar-refractivity contribution in [3.05, 3.63) is 94.5 Å². The van der Waals surface area contributed by atoms with E-state index >= 15 is 0 Å². The minimum absolute atomic E-state index is 0.184. The first kappa shape index (κ1) is 17.0. The molecular formula is C24H20O4. The molecular weight excluding hydrogens is 352 g/mol. The van der Waals surface area contributed by atoms with Crippen LogP contribution in [0.15, 0.2) is 83.3 Å². The van der Waals surface area contributed by atoms with Gasteiger partial charge in [0, 0.05) is 11.1 Å². The van der Waals surface area contributed by atoms with Crippen LogP contribution in [0.4, 0.5) is 0 Å². The standard InChI is InChI=1S/C24H20O4/c25-21-18-12-14-20(16-9-5-2-6-10-16)28-24(18)22(26)17-11-13-19(27-23(17)21)15-7-3-1-4-8-15/h1-10,19-20H,11-14H2/t19-,20-/m1/s1. The number of hydrogen-bond acceptors (Lipinski definition) is 4. The molecule has 2 aromatic rings. The van der Waals surface area contributed by atoms with Gasteiger partial charge < -0.3 is 9.47 Å². The Hall–Kier alpha value is -3.14. The number of carbonyl (C=O) groups excluding carboxylic acids is 2. The number of hydrogen-bond donors (Lipinski definition) is 0. The first-order valence-electron chi connectivity index (χ1n) is 9.71. The average molecular weight is 372 g/mol. The third kappa shape index (κ3) is 2.76. The third-order valence-electron chi connectivity index (χ3n) is 5.68. The average Bonchev–Trinajstić information content (AvgIpc) is 2.78. The molecule has 0 aromatic heterocycles. The number of rotatable bonds is 2. The van der Waals surface area contributed by atoms with E-state index in [-0.39, 0.29) is 35.3 Å². The van der Waals surface area contributed by atoms with Crippen molar-refractivity contribution in [2.75, 3.05) is 0 Å². The van der Waals surface area contributed by atoms with Gasteiger partial charge in [-0.25, -0.2) is 0 Å². The van der Waals surface area contributed by atoms with Crippen molar-refractivity contribution in [3.8, 4) is 0 Å². The fraction of sp³-hybridized carbons (Fsp3) is 0.250. The van der Waals surface area contributed by atoms with Crippen molar-refractivity contribution < 1.29 is 19.1 Å². The van der Waals surface area contributed by atoms with Gasteiger partial charge in [-0.15, -0.1) is 0 Å². The second-order valence-corrected chi connectivity index (χ2v) is 7.39. The second-order valence-electron chi connectivity index (χ2n) is 7.39. The van der Waals surface area contributed by atoms with Crippen LogP contribution in [0.1, 0.15) is 49.0 Å². The molecule has 5 rings (SSSR count). The smallest absolute Gasteiger partial charge is 0.227 e. The Morgan fingerprint density at radius 1 is 0.607 bits per heavy atom. The number of benzene rings is 2. The fourth-order valence-corrected chi connectivity index (χ4v) is 4.22. The van der Waals surface area contributed by atoms with E-state index in [4.69, 9.17) is 9.47 Å². The van der Waals surface area contributed by atoms with E-state index in [0.29, 0.717) is 36.8 Å². The molecule has 4 heteroatoms. The predicted octanol–water partition coefficient (Wildman–Crippen LogP) is 4.75. The second kappa shape index (κ2) is 6.79. The summed E-state index contributed by atoms with van der Waals surface area (Å²) in [6.45, 7) is 0. The Bertz CT molecular complexity index is 918. The number of Topliss-reactive ketones (excluding diaryl/α,β-unsaturated/α-hetero) is 2. The van der Waals surface area contributed by atoms with E-state index in [1.165, 1.54) is 0 Å². The van der Waals surface area contributed by atoms with Gasteiger partial charge in [-0.05, 0) is 36.8 Å². The van der Waals surface area contributed by atoms with E-state index in [0.717, 1.165) is 11.1 Å². The number of ether oxygens (including phenoxy) is 2. The largest absolute Gasteiger partial charge is 0.481 e. The van der Waals surface area contributed by atoms with Gasteiger partial charge in [0.1, 0.15) is 12.2 Å². The SMILES string of the molecule is O=C1C2=C(O[C@@H](c3ccccc3)CC2)C(=O)C2=C1O[C@@H](c1ccccc1)CC2. The summed E-state index contributed by atoms with van der Waals surface area (Å²) in [4.78, 5) is 26.2. The lowest BCUT2D eigenvalue weighted by Crippen LogP contribution is -2.32. The number of ketones is 2. The third-order valence-corrected chi connectivity index (χ3v) is 5.68. The van der Waals surface area contributed by atoms with Crippen molar-refractivity contribution in [3.63, 3.8) is 0 Å². The zero-order chi connectivity index (χ0) is 19.1. The molecule has 0 spiro atoms. The molecule has 0 bridgehead atoms. The van der Waals surface area contributed by atoms with Gasteiger partial charge in [-0.2, -0.15) is 0 Å². The zero-order valence-corrected chi connectivity index (χ0v) is 15.4. The highest BCUT2D eigenvalue weighted by atomic mass is 16.5. The quantitative estimate of drug-likeness (QED) is 0.714. The van der Waals surface area contributed by atoms with Crippen LogP contribution in [0.5, 0.6) is 0 Å². The molecule has 1 aliphatic carbocycles. The normalized spacial score (nSPS) is 24.3. The summed E-state index contributed by atoms with van der Waals surface area (Å²) in [6.07, 6.45) is 2.01. The van der Waals surface area contributed by atoms with E-state index in [9.17, 15) is 9.59 Å². The Kier molecular flexibility index (Phi) is 4.12. The molecule has 140 valence electrons. The molecule has 2 heterocycles. The molecule has 0 amide bonds. The van der Waals surface area contributed by atoms with Crippen LogP contribution >= 0.6 is 0 Å². The molecule has 0 saturated heterocycles. The van der Waals surface area contributed by atoms with Crippen molar-refractivity contribution in [2.24, 2.45) is 0 Å². The molecule has 0 N–H and O–H groups in total. The molecule has 0 radical (unpaired) electrons. The maximum absolute atomic E-state index is 13.1. The van der Waals surface area contributed by atoms with Crippen LogP contribution in [0.25, 0.3) is 0 Å². The molecule has 28 heavy (non-hydrogen) atoms. The van der Waals surface area contributed by atoms with Gasteiger partial charge in [0.25, 0.3) is 0 Å². The minimum atomic E-state index is -0.194. The summed E-state index contributed by atoms with van der Waals surface area (Å²) in [5.41, 5.74) is 2.98. The van der Waals surface area contributed by atoms with Gasteiger partial charge in [0.15, 0.2) is 11.5 Å². The molecule has 0 unspecified atom stereocenters. The zero-order valence-electron chi connectivity index (χ0n) is 15.4. The van der Waals surface area contributed by atoms with Gasteiger partial charge in [-0.1, -0.05) is 60.7 Å². The highest BCUT2D eigenvalue weighted by molar-refractivity contribution is 6.23. The lowest BCUT2D eigenvalue weighted by atomic mass is 9.83. The lowest BCUT2D eigenvalue weighted by molar-refractivity contribution is -0.125. The van der Waals surface area contributed by atoms with Gasteiger partial charge in [-0.3, -0.25) is 9.59 Å². The molecule has 2 aliphatic heterocycles. The highest BCUT2D eigenvalue weighted by Gasteiger charge is 2.43. The van der Waals surface area contributed by atoms with Crippen LogP contribution in [0.3, 0.4) is 0 Å². The molecule has 4 nitrogen and oxygen atoms in total. The van der Waals surface area contributed by atoms with Gasteiger partial charge >= 0.3 is 0 Å². The molecule has 2 aromatic carbocycles. The lowest BCUT2D eigenvalue weighted by Gasteiger charge is -2.35. The summed E-state index contributed by atoms with van der Waals surface area (Å²) in [5.74, 6) is 0.0877. The Balaban J connectivity index is 1.43. The van der Waals surface area contributed by atoms with Crippen molar-refractivity contribution in [2.45, 2.75) is 37.9 Å². The maximum atomic E-state index is 13.1. The Labute approximate surface area is 163 Å². The van der Waals surface area contributed by atoms with Crippen LogP contribution < -0.4 is 0 Å². The number of carbonyl (C=O) groups is 2. The first-order chi connectivity index (χ1) is 13.7. The van der Waals surface area contributed by atoms with Crippen LogP contribution in [0.2, 0.25) is 0 Å². The van der Waals surface area contributed by atoms with Gasteiger partial charge in [0.05, 0.1) is 0 Å². The summed E-state index contributed by atoms with van der Waals surface area (Å²) < 4.78 is 12.1. The van der Waals surface area contributed by atoms with Crippen molar-refractivity contribution >= 4 is 11.6 Å². The van der Waals surface area contributed by atoms with E-state index in [2.05, 4.69) is 0 Å². The van der Waals surface area contributed by atoms with Gasteiger partial charge in [0.2, 0.25) is 11.6 Å². The van der Waals surface area contributed by atoms with Crippen LogP contribution in [-0.2, 0) is 19.1 Å². The monoisotopic (exact) mass is 372 g/mol. The van der Waals surface area contributed by atoms with E-state index in [1.807, 2.05) is 60.7 Å². The summed E-state index contributed by atoms with van der Waals surface area (Å²) >= 11 is 0. The number of allylic oxidation sites excluding steroid dienone is 2. The fourth-order valence-electron chi connectivity index (χ4n) is 4.22. The highest BCUT2D eigenvalue weighted by Crippen LogP contribution is 2.44. The van der Waals surface area contributed by atoms with Crippen LogP contribution in [-0.4, -0.2) is 11.6 Å². The molecule has 0 fully saturated rings. The van der Waals surface area contributed by atoms with E-state index in [1.54, 1.807) is 0 Å². The van der Waals surface area contributed by atoms with Crippen molar-refractivity contribution in [1.82, 2.24) is 0 Å². The minimum Gasteiger partial charge on any atom is -0.481 e. The Morgan fingerprint density at radius 2 is 1.00 bits per heavy atom. The Morgan fingerprint density at radius 3 is 1.39 bits per heavy atom. The van der Waals surface area contributed by atoms with Crippen molar-refractivity contribution in [1.29, 1.82) is 0 Å². The summed E-state index contributed by atoms with van der Waals surface area (Å²) in [7, 11) is 0. The van der Waals surface area contributed by atoms with E-state index < -0.39 is 0 Å². The molecule has 0 saturated carbocycles.